The third-order valence-electron chi connectivity index (χ3n) is 2.70. The second-order valence-electron chi connectivity index (χ2n) is 4.11. The summed E-state index contributed by atoms with van der Waals surface area (Å²) in [4.78, 5) is 18.2. The Hall–Kier alpha value is -2.10. The highest BCUT2D eigenvalue weighted by atomic mass is 16.5. The van der Waals surface area contributed by atoms with Gasteiger partial charge in [0.2, 0.25) is 0 Å². The lowest BCUT2D eigenvalue weighted by Crippen LogP contribution is -1.95. The number of aromatic nitrogens is 2. The first kappa shape index (κ1) is 12.4. The lowest BCUT2D eigenvalue weighted by molar-refractivity contribution is 0.100. The Morgan fingerprint density at radius 3 is 2.78 bits per heavy atom. The van der Waals surface area contributed by atoms with Gasteiger partial charge in [0, 0.05) is 12.5 Å². The summed E-state index contributed by atoms with van der Waals surface area (Å²) in [5.41, 5.74) is 2.90. The number of ether oxygens (including phenoxy) is 1. The van der Waals surface area contributed by atoms with E-state index in [0.717, 1.165) is 22.6 Å². The molecule has 0 saturated carbocycles. The molecule has 0 saturated heterocycles. The summed E-state index contributed by atoms with van der Waals surface area (Å²) in [6.45, 7) is 6.10. The van der Waals surface area contributed by atoms with Crippen molar-refractivity contribution in [1.29, 1.82) is 0 Å². The molecule has 0 aliphatic heterocycles. The molecule has 0 fully saturated rings. The number of carbonyl (C=O) groups excluding carboxylic acids is 1. The van der Waals surface area contributed by atoms with Gasteiger partial charge >= 0.3 is 0 Å². The van der Waals surface area contributed by atoms with Crippen LogP contribution in [-0.4, -0.2) is 22.4 Å². The van der Waals surface area contributed by atoms with Gasteiger partial charge in [-0.2, -0.15) is 0 Å². The molecule has 0 aliphatic carbocycles. The van der Waals surface area contributed by atoms with E-state index >= 15 is 0 Å². The smallest absolute Gasteiger partial charge is 0.194 e. The molecule has 1 N–H and O–H groups in total. The van der Waals surface area contributed by atoms with Crippen LogP contribution in [0.1, 0.15) is 30.0 Å². The number of H-pyrrole nitrogens is 1. The minimum atomic E-state index is -0.0658. The molecule has 2 rings (SSSR count). The highest BCUT2D eigenvalue weighted by Gasteiger charge is 2.08. The molecule has 0 unspecified atom stereocenters. The Balaban J connectivity index is 2.33. The maximum absolute atomic E-state index is 11.2. The van der Waals surface area contributed by atoms with Gasteiger partial charge in [-0.05, 0) is 37.6 Å². The highest BCUT2D eigenvalue weighted by molar-refractivity contribution is 5.91. The van der Waals surface area contributed by atoms with Crippen LogP contribution in [0.3, 0.4) is 0 Å². The van der Waals surface area contributed by atoms with Gasteiger partial charge in [-0.1, -0.05) is 0 Å². The van der Waals surface area contributed by atoms with Crippen LogP contribution in [0, 0.1) is 6.92 Å². The molecule has 18 heavy (non-hydrogen) atoms. The topological polar surface area (TPSA) is 55.0 Å². The number of aromatic amines is 1. The number of carbonyl (C=O) groups is 1. The lowest BCUT2D eigenvalue weighted by atomic mass is 10.1. The van der Waals surface area contributed by atoms with Crippen molar-refractivity contribution in [3.63, 3.8) is 0 Å². The highest BCUT2D eigenvalue weighted by Crippen LogP contribution is 2.25. The fourth-order valence-corrected chi connectivity index (χ4v) is 1.78. The van der Waals surface area contributed by atoms with Crippen LogP contribution in [0.25, 0.3) is 11.3 Å². The number of nitrogens with zero attached hydrogens (tertiary/aromatic N) is 1. The van der Waals surface area contributed by atoms with E-state index in [-0.39, 0.29) is 5.78 Å². The van der Waals surface area contributed by atoms with Crippen molar-refractivity contribution in [3.05, 3.63) is 35.8 Å². The first-order chi connectivity index (χ1) is 8.61. The fourth-order valence-electron chi connectivity index (χ4n) is 1.78. The molecule has 0 spiro atoms. The summed E-state index contributed by atoms with van der Waals surface area (Å²) < 4.78 is 5.49. The third kappa shape index (κ3) is 2.42. The van der Waals surface area contributed by atoms with E-state index in [4.69, 9.17) is 4.74 Å². The number of Topliss-reactive ketones (excluding diaryl/α,β-unsaturated/α-hetero) is 1. The monoisotopic (exact) mass is 244 g/mol. The predicted molar refractivity (Wildman–Crippen MR) is 69.9 cm³/mol. The molecule has 0 aliphatic rings. The van der Waals surface area contributed by atoms with Crippen molar-refractivity contribution in [2.24, 2.45) is 0 Å². The number of benzene rings is 1. The van der Waals surface area contributed by atoms with E-state index in [1.807, 2.05) is 32.0 Å². The van der Waals surface area contributed by atoms with Gasteiger partial charge in [0.15, 0.2) is 11.6 Å². The first-order valence-corrected chi connectivity index (χ1v) is 5.91. The van der Waals surface area contributed by atoms with Crippen molar-refractivity contribution in [2.75, 3.05) is 6.61 Å². The summed E-state index contributed by atoms with van der Waals surface area (Å²) in [5.74, 6) is 1.20. The first-order valence-electron chi connectivity index (χ1n) is 5.91. The normalized spacial score (nSPS) is 10.4. The Kier molecular flexibility index (Phi) is 3.46. The van der Waals surface area contributed by atoms with Gasteiger partial charge in [-0.15, -0.1) is 0 Å². The number of aryl methyl sites for hydroxylation is 1. The van der Waals surface area contributed by atoms with Crippen LogP contribution >= 0.6 is 0 Å². The molecule has 0 amide bonds. The standard InChI is InChI=1S/C14H16N2O2/c1-4-18-13-6-5-11(7-9(13)2)12-8-15-14(16-12)10(3)17/h5-8H,4H2,1-3H3,(H,15,16). The fraction of sp³-hybridized carbons (Fsp3) is 0.286. The molecule has 1 aromatic carbocycles. The van der Waals surface area contributed by atoms with E-state index in [9.17, 15) is 4.79 Å². The predicted octanol–water partition coefficient (Wildman–Crippen LogP) is 2.99. The number of rotatable bonds is 4. The maximum Gasteiger partial charge on any atom is 0.194 e. The molecule has 0 atom stereocenters. The molecule has 1 heterocycles. The number of ketones is 1. The van der Waals surface area contributed by atoms with E-state index in [0.29, 0.717) is 12.4 Å². The van der Waals surface area contributed by atoms with Crippen LogP contribution in [0.5, 0.6) is 5.75 Å². The van der Waals surface area contributed by atoms with Crippen molar-refractivity contribution in [2.45, 2.75) is 20.8 Å². The molecule has 2 aromatic rings. The molecular weight excluding hydrogens is 228 g/mol. The van der Waals surface area contributed by atoms with Gasteiger partial charge in [0.1, 0.15) is 5.75 Å². The minimum absolute atomic E-state index is 0.0658. The van der Waals surface area contributed by atoms with E-state index < -0.39 is 0 Å². The average Bonchev–Trinajstić information content (AvgIpc) is 2.81. The average molecular weight is 244 g/mol. The second-order valence-corrected chi connectivity index (χ2v) is 4.11. The van der Waals surface area contributed by atoms with E-state index in [1.165, 1.54) is 6.92 Å². The van der Waals surface area contributed by atoms with E-state index in [1.54, 1.807) is 6.20 Å². The Bertz CT molecular complexity index is 573. The molecule has 4 heteroatoms. The number of imidazole rings is 1. The van der Waals surface area contributed by atoms with Crippen LogP contribution in [0.15, 0.2) is 24.4 Å². The summed E-state index contributed by atoms with van der Waals surface area (Å²) in [6.07, 6.45) is 1.67. The Morgan fingerprint density at radius 1 is 1.44 bits per heavy atom. The largest absolute Gasteiger partial charge is 0.494 e. The molecule has 0 bridgehead atoms. The number of nitrogens with one attached hydrogen (secondary N) is 1. The lowest BCUT2D eigenvalue weighted by Gasteiger charge is -2.08. The molecule has 1 aromatic heterocycles. The van der Waals surface area contributed by atoms with Crippen LogP contribution < -0.4 is 4.74 Å². The van der Waals surface area contributed by atoms with Crippen molar-refractivity contribution >= 4 is 5.78 Å². The van der Waals surface area contributed by atoms with Crippen molar-refractivity contribution in [1.82, 2.24) is 9.97 Å². The van der Waals surface area contributed by atoms with Gasteiger partial charge in [0.25, 0.3) is 0 Å². The number of hydrogen-bond donors (Lipinski definition) is 1. The zero-order valence-corrected chi connectivity index (χ0v) is 10.8. The zero-order valence-electron chi connectivity index (χ0n) is 10.8. The van der Waals surface area contributed by atoms with Crippen molar-refractivity contribution in [3.8, 4) is 17.0 Å². The molecular formula is C14H16N2O2. The Morgan fingerprint density at radius 2 is 2.22 bits per heavy atom. The third-order valence-corrected chi connectivity index (χ3v) is 2.70. The van der Waals surface area contributed by atoms with Gasteiger partial charge in [0.05, 0.1) is 18.5 Å². The molecule has 94 valence electrons. The van der Waals surface area contributed by atoms with E-state index in [2.05, 4.69) is 9.97 Å². The summed E-state index contributed by atoms with van der Waals surface area (Å²) in [5, 5.41) is 0. The van der Waals surface area contributed by atoms with Gasteiger partial charge < -0.3 is 9.72 Å². The summed E-state index contributed by atoms with van der Waals surface area (Å²) in [7, 11) is 0. The Labute approximate surface area is 106 Å². The van der Waals surface area contributed by atoms with Crippen LogP contribution in [-0.2, 0) is 0 Å². The number of hydrogen-bond acceptors (Lipinski definition) is 3. The second kappa shape index (κ2) is 5.04. The van der Waals surface area contributed by atoms with Gasteiger partial charge in [-0.3, -0.25) is 4.79 Å². The van der Waals surface area contributed by atoms with Crippen LogP contribution in [0.4, 0.5) is 0 Å². The SMILES string of the molecule is CCOc1ccc(-c2cnc(C(C)=O)[nH]2)cc1C. The molecule has 4 nitrogen and oxygen atoms in total. The summed E-state index contributed by atoms with van der Waals surface area (Å²) in [6, 6.07) is 5.90. The minimum Gasteiger partial charge on any atom is -0.494 e. The summed E-state index contributed by atoms with van der Waals surface area (Å²) >= 11 is 0. The quantitative estimate of drug-likeness (QED) is 0.841. The zero-order chi connectivity index (χ0) is 13.1. The van der Waals surface area contributed by atoms with Gasteiger partial charge in [-0.25, -0.2) is 4.98 Å². The van der Waals surface area contributed by atoms with Crippen molar-refractivity contribution < 1.29 is 9.53 Å². The van der Waals surface area contributed by atoms with Crippen LogP contribution in [0.2, 0.25) is 0 Å². The molecule has 0 radical (unpaired) electrons. The maximum atomic E-state index is 11.2.